The van der Waals surface area contributed by atoms with E-state index in [1.54, 1.807) is 0 Å². The van der Waals surface area contributed by atoms with Crippen LogP contribution < -0.4 is 0 Å². The van der Waals surface area contributed by atoms with Crippen LogP contribution in [0.2, 0.25) is 0 Å². The van der Waals surface area contributed by atoms with Crippen molar-refractivity contribution in [2.24, 2.45) is 5.92 Å². The molecule has 0 aliphatic carbocycles. The van der Waals surface area contributed by atoms with E-state index in [0.29, 0.717) is 32.5 Å². The number of carbonyl (C=O) groups excluding carboxylic acids is 3. The van der Waals surface area contributed by atoms with Gasteiger partial charge < -0.3 is 33.3 Å². The SMILES string of the molecule is [CH2]C(COC(=O)CCC(CCCCCC)OC(=O)OCCCN(C)C)COC(=O)CCC(OCCCC/C=C\CC)OCCCC/C=C\CC. The summed E-state index contributed by atoms with van der Waals surface area (Å²) < 4.78 is 33.5. The van der Waals surface area contributed by atoms with Crippen molar-refractivity contribution in [3.05, 3.63) is 31.2 Å². The van der Waals surface area contributed by atoms with Crippen LogP contribution in [0.5, 0.6) is 0 Å². The molecule has 50 heavy (non-hydrogen) atoms. The molecular formula is C40H72NO9. The normalized spacial score (nSPS) is 13.0. The zero-order valence-corrected chi connectivity index (χ0v) is 32.3. The van der Waals surface area contributed by atoms with Gasteiger partial charge in [0.25, 0.3) is 0 Å². The molecule has 0 bridgehead atoms. The first-order valence-corrected chi connectivity index (χ1v) is 19.4. The van der Waals surface area contributed by atoms with Gasteiger partial charge >= 0.3 is 18.1 Å². The van der Waals surface area contributed by atoms with Gasteiger partial charge in [-0.05, 0) is 98.1 Å². The van der Waals surface area contributed by atoms with Crippen molar-refractivity contribution in [2.75, 3.05) is 53.7 Å². The van der Waals surface area contributed by atoms with Gasteiger partial charge in [-0.3, -0.25) is 9.59 Å². The van der Waals surface area contributed by atoms with E-state index in [-0.39, 0.29) is 38.6 Å². The molecule has 1 radical (unpaired) electrons. The Labute approximate surface area is 305 Å². The van der Waals surface area contributed by atoms with E-state index in [1.807, 2.05) is 19.0 Å². The van der Waals surface area contributed by atoms with Gasteiger partial charge in [-0.2, -0.15) is 0 Å². The third-order valence-corrected chi connectivity index (χ3v) is 7.77. The molecular weight excluding hydrogens is 638 g/mol. The highest BCUT2D eigenvalue weighted by Crippen LogP contribution is 2.16. The molecule has 0 N–H and O–H groups in total. The fourth-order valence-electron chi connectivity index (χ4n) is 4.84. The first-order chi connectivity index (χ1) is 24.2. The zero-order chi connectivity index (χ0) is 37.1. The number of esters is 2. The highest BCUT2D eigenvalue weighted by molar-refractivity contribution is 5.70. The number of nitrogens with zero attached hydrogens (tertiary/aromatic N) is 1. The van der Waals surface area contributed by atoms with Gasteiger partial charge in [0.15, 0.2) is 6.29 Å². The Balaban J connectivity index is 4.54. The minimum atomic E-state index is -0.701. The molecule has 0 rings (SSSR count). The predicted octanol–water partition coefficient (Wildman–Crippen LogP) is 9.16. The number of hydrogen-bond donors (Lipinski definition) is 0. The van der Waals surface area contributed by atoms with Crippen LogP contribution in [-0.2, 0) is 38.0 Å². The second kappa shape index (κ2) is 35.0. The summed E-state index contributed by atoms with van der Waals surface area (Å²) in [5, 5.41) is 0. The van der Waals surface area contributed by atoms with E-state index in [1.165, 1.54) is 0 Å². The van der Waals surface area contributed by atoms with Gasteiger partial charge in [-0.1, -0.05) is 64.3 Å². The van der Waals surface area contributed by atoms with E-state index in [0.717, 1.165) is 90.0 Å². The van der Waals surface area contributed by atoms with Gasteiger partial charge in [0.05, 0.1) is 26.2 Å². The van der Waals surface area contributed by atoms with Crippen LogP contribution >= 0.6 is 0 Å². The van der Waals surface area contributed by atoms with Gasteiger partial charge in [0.1, 0.15) is 6.10 Å². The van der Waals surface area contributed by atoms with E-state index in [2.05, 4.69) is 52.0 Å². The molecule has 0 saturated carbocycles. The lowest BCUT2D eigenvalue weighted by atomic mass is 10.1. The highest BCUT2D eigenvalue weighted by Gasteiger charge is 2.19. The van der Waals surface area contributed by atoms with E-state index in [4.69, 9.17) is 28.4 Å². The van der Waals surface area contributed by atoms with Gasteiger partial charge in [-0.25, -0.2) is 4.79 Å². The molecule has 2 atom stereocenters. The quantitative estimate of drug-likeness (QED) is 0.0211. The Kier molecular flexibility index (Phi) is 33.3. The molecule has 10 heteroatoms. The van der Waals surface area contributed by atoms with Crippen LogP contribution in [-0.4, -0.2) is 89.1 Å². The van der Waals surface area contributed by atoms with Crippen LogP contribution in [0.4, 0.5) is 4.79 Å². The Bertz CT molecular complexity index is 853. The van der Waals surface area contributed by atoms with Crippen molar-refractivity contribution >= 4 is 18.1 Å². The van der Waals surface area contributed by atoms with Crippen LogP contribution in [0.25, 0.3) is 0 Å². The summed E-state index contributed by atoms with van der Waals surface area (Å²) in [5.41, 5.74) is 0. The Morgan fingerprint density at radius 2 is 1.22 bits per heavy atom. The molecule has 291 valence electrons. The molecule has 10 nitrogen and oxygen atoms in total. The van der Waals surface area contributed by atoms with Crippen LogP contribution in [0.1, 0.15) is 136 Å². The summed E-state index contributed by atoms with van der Waals surface area (Å²) in [7, 11) is 3.92. The fourth-order valence-corrected chi connectivity index (χ4v) is 4.84. The zero-order valence-electron chi connectivity index (χ0n) is 32.3. The molecule has 0 saturated heterocycles. The number of carbonyl (C=O) groups is 3. The molecule has 0 aliphatic heterocycles. The summed E-state index contributed by atoms with van der Waals surface area (Å²) >= 11 is 0. The van der Waals surface area contributed by atoms with E-state index in [9.17, 15) is 14.4 Å². The van der Waals surface area contributed by atoms with Crippen molar-refractivity contribution in [3.8, 4) is 0 Å². The maximum Gasteiger partial charge on any atom is 0.508 e. The summed E-state index contributed by atoms with van der Waals surface area (Å²) in [6.07, 6.45) is 21.8. The number of unbranched alkanes of at least 4 members (excludes halogenated alkanes) is 7. The molecule has 0 aromatic rings. The van der Waals surface area contributed by atoms with E-state index >= 15 is 0 Å². The van der Waals surface area contributed by atoms with Gasteiger partial charge in [0.2, 0.25) is 0 Å². The molecule has 0 heterocycles. The molecule has 2 unspecified atom stereocenters. The molecule has 0 aromatic heterocycles. The minimum Gasteiger partial charge on any atom is -0.465 e. The maximum atomic E-state index is 12.5. The first-order valence-electron chi connectivity index (χ1n) is 19.4. The monoisotopic (exact) mass is 711 g/mol. The largest absolute Gasteiger partial charge is 0.508 e. The summed E-state index contributed by atoms with van der Waals surface area (Å²) in [6, 6.07) is 0. The average Bonchev–Trinajstić information content (AvgIpc) is 3.09. The summed E-state index contributed by atoms with van der Waals surface area (Å²) in [4.78, 5) is 39.2. The third kappa shape index (κ3) is 32.8. The van der Waals surface area contributed by atoms with E-state index < -0.39 is 30.4 Å². The molecule has 0 amide bonds. The lowest BCUT2D eigenvalue weighted by Gasteiger charge is -2.19. The lowest BCUT2D eigenvalue weighted by molar-refractivity contribution is -0.160. The lowest BCUT2D eigenvalue weighted by Crippen LogP contribution is -2.23. The Morgan fingerprint density at radius 1 is 0.640 bits per heavy atom. The minimum absolute atomic E-state index is 0.0256. The van der Waals surface area contributed by atoms with Gasteiger partial charge in [-0.15, -0.1) is 0 Å². The van der Waals surface area contributed by atoms with Crippen LogP contribution in [0.3, 0.4) is 0 Å². The second-order valence-corrected chi connectivity index (χ2v) is 13.1. The maximum absolute atomic E-state index is 12.5. The standard InChI is InChI=1S/C40H72NO9/c1-7-10-13-16-18-21-30-45-39(46-31-22-19-17-14-11-8-2)28-27-38(43)49-34-35(4)33-48-37(42)26-25-36(24-20-15-12-9-3)50-40(44)47-32-23-29-41(5)6/h10-11,13-14,35-36,39H,4,7-9,12,15-34H2,1-3,5-6H3/b13-10-,14-11-. The molecule has 0 aliphatic rings. The third-order valence-electron chi connectivity index (χ3n) is 7.77. The van der Waals surface area contributed by atoms with Crippen molar-refractivity contribution in [3.63, 3.8) is 0 Å². The van der Waals surface area contributed by atoms with Crippen LogP contribution in [0, 0.1) is 12.8 Å². The molecule has 0 aromatic carbocycles. The molecule has 0 fully saturated rings. The number of allylic oxidation sites excluding steroid dienone is 4. The number of ether oxygens (including phenoxy) is 6. The molecule has 0 spiro atoms. The van der Waals surface area contributed by atoms with Crippen LogP contribution in [0.15, 0.2) is 24.3 Å². The fraction of sp³-hybridized carbons (Fsp3) is 0.800. The second-order valence-electron chi connectivity index (χ2n) is 13.1. The predicted molar refractivity (Wildman–Crippen MR) is 200 cm³/mol. The van der Waals surface area contributed by atoms with Crippen molar-refractivity contribution in [2.45, 2.75) is 149 Å². The smallest absolute Gasteiger partial charge is 0.465 e. The van der Waals surface area contributed by atoms with Crippen molar-refractivity contribution < 1.29 is 42.8 Å². The average molecular weight is 711 g/mol. The Hall–Kier alpha value is -2.43. The highest BCUT2D eigenvalue weighted by atomic mass is 16.7. The van der Waals surface area contributed by atoms with Gasteiger partial charge in [0, 0.05) is 38.5 Å². The summed E-state index contributed by atoms with van der Waals surface area (Å²) in [6.45, 7) is 12.7. The van der Waals surface area contributed by atoms with Crippen molar-refractivity contribution in [1.82, 2.24) is 4.90 Å². The first kappa shape index (κ1) is 47.6. The Morgan fingerprint density at radius 3 is 1.76 bits per heavy atom. The van der Waals surface area contributed by atoms with Crippen molar-refractivity contribution in [1.29, 1.82) is 0 Å². The summed E-state index contributed by atoms with van der Waals surface area (Å²) in [5.74, 6) is -1.19. The topological polar surface area (TPSA) is 110 Å². The number of hydrogen-bond acceptors (Lipinski definition) is 10. The number of rotatable bonds is 34.